The van der Waals surface area contributed by atoms with Crippen molar-refractivity contribution in [2.45, 2.75) is 90.9 Å². The fourth-order valence-electron chi connectivity index (χ4n) is 4.03. The minimum atomic E-state index is -0.711. The Bertz CT molecular complexity index is 880. The molecule has 0 amide bonds. The molecule has 198 valence electrons. The summed E-state index contributed by atoms with van der Waals surface area (Å²) in [6.07, 6.45) is 13.9. The highest BCUT2D eigenvalue weighted by molar-refractivity contribution is 6.51. The molecule has 2 rings (SSSR count). The van der Waals surface area contributed by atoms with Crippen LogP contribution in [0.1, 0.15) is 112 Å². The highest BCUT2D eigenvalue weighted by Gasteiger charge is 2.23. The number of ether oxygens (including phenoxy) is 2. The number of anilines is 2. The van der Waals surface area contributed by atoms with Gasteiger partial charge in [0.2, 0.25) is 11.6 Å². The molecule has 0 saturated heterocycles. The van der Waals surface area contributed by atoms with Crippen LogP contribution in [-0.4, -0.2) is 24.8 Å². The Kier molecular flexibility index (Phi) is 13.5. The van der Waals surface area contributed by atoms with Gasteiger partial charge in [0, 0.05) is 11.4 Å². The van der Waals surface area contributed by atoms with Crippen LogP contribution in [0.5, 0.6) is 11.5 Å². The van der Waals surface area contributed by atoms with Gasteiger partial charge in [-0.1, -0.05) is 78.1 Å². The molecule has 0 fully saturated rings. The number of hydrogen-bond donors (Lipinski definition) is 2. The zero-order valence-corrected chi connectivity index (χ0v) is 22.2. The minimum Gasteiger partial charge on any atom is -0.494 e. The van der Waals surface area contributed by atoms with Gasteiger partial charge < -0.3 is 20.9 Å². The SMILES string of the molecule is CCCCCCCCOc1ccc(N)c(C(=O)C(=O)c2cc(OCCCCCCCC)ccc2N)c1. The van der Waals surface area contributed by atoms with Crippen LogP contribution in [0.2, 0.25) is 0 Å². The molecule has 0 saturated carbocycles. The normalized spacial score (nSPS) is 10.8. The van der Waals surface area contributed by atoms with E-state index in [2.05, 4.69) is 13.8 Å². The van der Waals surface area contributed by atoms with Crippen LogP contribution >= 0.6 is 0 Å². The standard InChI is InChI=1S/C30H44N2O4/c1-3-5-7-9-11-13-19-35-23-15-17-27(31)25(21-23)29(33)30(34)26-22-24(16-18-28(26)32)36-20-14-12-10-8-6-4-2/h15-18,21-22H,3-14,19-20,31-32H2,1-2H3. The van der Waals surface area contributed by atoms with E-state index in [-0.39, 0.29) is 22.5 Å². The Labute approximate surface area is 216 Å². The number of nitrogens with two attached hydrogens (primary N) is 2. The third-order valence-corrected chi connectivity index (χ3v) is 6.28. The van der Waals surface area contributed by atoms with Crippen molar-refractivity contribution in [2.24, 2.45) is 0 Å². The zero-order valence-electron chi connectivity index (χ0n) is 22.2. The molecule has 0 unspecified atom stereocenters. The van der Waals surface area contributed by atoms with Gasteiger partial charge in [-0.25, -0.2) is 0 Å². The molecule has 2 aromatic rings. The molecule has 0 aliphatic rings. The van der Waals surface area contributed by atoms with Crippen molar-refractivity contribution in [3.05, 3.63) is 47.5 Å². The lowest BCUT2D eigenvalue weighted by atomic mass is 9.98. The van der Waals surface area contributed by atoms with Gasteiger partial charge in [0.1, 0.15) is 11.5 Å². The number of carbonyl (C=O) groups excluding carboxylic acids is 2. The molecule has 0 spiro atoms. The average molecular weight is 497 g/mol. The number of nitrogen functional groups attached to an aromatic ring is 2. The van der Waals surface area contributed by atoms with E-state index in [1.807, 2.05) is 0 Å². The van der Waals surface area contributed by atoms with Gasteiger partial charge in [0.05, 0.1) is 24.3 Å². The molecule has 0 heterocycles. The van der Waals surface area contributed by atoms with Crippen molar-refractivity contribution in [1.82, 2.24) is 0 Å². The molecule has 0 aliphatic heterocycles. The van der Waals surface area contributed by atoms with E-state index in [0.717, 1.165) is 25.7 Å². The monoisotopic (exact) mass is 496 g/mol. The number of benzene rings is 2. The van der Waals surface area contributed by atoms with E-state index >= 15 is 0 Å². The largest absolute Gasteiger partial charge is 0.494 e. The molecular formula is C30H44N2O4. The molecule has 0 aromatic heterocycles. The van der Waals surface area contributed by atoms with Gasteiger partial charge in [-0.3, -0.25) is 9.59 Å². The van der Waals surface area contributed by atoms with Crippen molar-refractivity contribution in [3.8, 4) is 11.5 Å². The number of hydrogen-bond acceptors (Lipinski definition) is 6. The Hall–Kier alpha value is -3.02. The van der Waals surface area contributed by atoms with Gasteiger partial charge in [0.25, 0.3) is 0 Å². The first-order chi connectivity index (χ1) is 17.5. The average Bonchev–Trinajstić information content (AvgIpc) is 2.88. The summed E-state index contributed by atoms with van der Waals surface area (Å²) in [5, 5.41) is 0. The van der Waals surface area contributed by atoms with Crippen LogP contribution in [-0.2, 0) is 0 Å². The lowest BCUT2D eigenvalue weighted by Gasteiger charge is -2.12. The third kappa shape index (κ3) is 9.92. The van der Waals surface area contributed by atoms with Crippen molar-refractivity contribution >= 4 is 22.9 Å². The van der Waals surface area contributed by atoms with Crippen molar-refractivity contribution in [3.63, 3.8) is 0 Å². The van der Waals surface area contributed by atoms with Crippen molar-refractivity contribution < 1.29 is 19.1 Å². The van der Waals surface area contributed by atoms with E-state index in [1.165, 1.54) is 51.4 Å². The number of ketones is 2. The van der Waals surface area contributed by atoms with Gasteiger partial charge in [-0.15, -0.1) is 0 Å². The van der Waals surface area contributed by atoms with Crippen LogP contribution in [0.15, 0.2) is 36.4 Å². The van der Waals surface area contributed by atoms with E-state index in [9.17, 15) is 9.59 Å². The highest BCUT2D eigenvalue weighted by Crippen LogP contribution is 2.26. The van der Waals surface area contributed by atoms with Crippen LogP contribution < -0.4 is 20.9 Å². The topological polar surface area (TPSA) is 105 Å². The van der Waals surface area contributed by atoms with Crippen LogP contribution in [0.3, 0.4) is 0 Å². The smallest absolute Gasteiger partial charge is 0.235 e. The van der Waals surface area contributed by atoms with Gasteiger partial charge in [-0.2, -0.15) is 0 Å². The zero-order chi connectivity index (χ0) is 26.2. The highest BCUT2D eigenvalue weighted by atomic mass is 16.5. The lowest BCUT2D eigenvalue weighted by Crippen LogP contribution is -2.18. The predicted molar refractivity (Wildman–Crippen MR) is 148 cm³/mol. The fourth-order valence-corrected chi connectivity index (χ4v) is 4.03. The molecular weight excluding hydrogens is 452 g/mol. The summed E-state index contributed by atoms with van der Waals surface area (Å²) >= 11 is 0. The molecule has 0 aliphatic carbocycles. The maximum absolute atomic E-state index is 13.1. The minimum absolute atomic E-state index is 0.123. The molecule has 0 radical (unpaired) electrons. The summed E-state index contributed by atoms with van der Waals surface area (Å²) in [7, 11) is 0. The van der Waals surface area contributed by atoms with E-state index in [4.69, 9.17) is 20.9 Å². The summed E-state index contributed by atoms with van der Waals surface area (Å²) in [4.78, 5) is 26.1. The molecule has 0 bridgehead atoms. The molecule has 36 heavy (non-hydrogen) atoms. The second-order valence-electron chi connectivity index (χ2n) is 9.39. The quantitative estimate of drug-likeness (QED) is 0.0909. The number of Topliss-reactive ketones (excluding diaryl/α,β-unsaturated/α-hetero) is 2. The van der Waals surface area contributed by atoms with Crippen LogP contribution in [0.25, 0.3) is 0 Å². The summed E-state index contributed by atoms with van der Waals surface area (Å²) in [6.45, 7) is 5.51. The maximum atomic E-state index is 13.1. The van der Waals surface area contributed by atoms with Gasteiger partial charge in [0.15, 0.2) is 0 Å². The van der Waals surface area contributed by atoms with Crippen LogP contribution in [0, 0.1) is 0 Å². The Morgan fingerprint density at radius 1 is 0.583 bits per heavy atom. The van der Waals surface area contributed by atoms with E-state index < -0.39 is 11.6 Å². The maximum Gasteiger partial charge on any atom is 0.235 e. The number of rotatable bonds is 19. The molecule has 2 aromatic carbocycles. The Balaban J connectivity index is 1.95. The molecule has 6 heteroatoms. The second kappa shape index (κ2) is 16.6. The first kappa shape index (κ1) is 29.2. The summed E-state index contributed by atoms with van der Waals surface area (Å²) in [5.74, 6) is -0.370. The van der Waals surface area contributed by atoms with E-state index in [0.29, 0.717) is 24.7 Å². The fraction of sp³-hybridized carbons (Fsp3) is 0.533. The Morgan fingerprint density at radius 2 is 0.944 bits per heavy atom. The molecule has 4 N–H and O–H groups in total. The summed E-state index contributed by atoms with van der Waals surface area (Å²) in [6, 6.07) is 9.72. The first-order valence-electron chi connectivity index (χ1n) is 13.6. The lowest BCUT2D eigenvalue weighted by molar-refractivity contribution is 0.0817. The van der Waals surface area contributed by atoms with Crippen molar-refractivity contribution in [2.75, 3.05) is 24.7 Å². The first-order valence-corrected chi connectivity index (χ1v) is 13.6. The predicted octanol–water partition coefficient (Wildman–Crippen LogP) is 7.40. The van der Waals surface area contributed by atoms with Crippen LogP contribution in [0.4, 0.5) is 11.4 Å². The van der Waals surface area contributed by atoms with Gasteiger partial charge >= 0.3 is 0 Å². The third-order valence-electron chi connectivity index (χ3n) is 6.28. The summed E-state index contributed by atoms with van der Waals surface area (Å²) < 4.78 is 11.6. The Morgan fingerprint density at radius 3 is 1.33 bits per heavy atom. The molecule has 0 atom stereocenters. The molecule has 6 nitrogen and oxygen atoms in total. The number of carbonyl (C=O) groups is 2. The van der Waals surface area contributed by atoms with E-state index in [1.54, 1.807) is 36.4 Å². The van der Waals surface area contributed by atoms with Gasteiger partial charge in [-0.05, 0) is 49.2 Å². The second-order valence-corrected chi connectivity index (χ2v) is 9.39. The summed E-state index contributed by atoms with van der Waals surface area (Å²) in [5.41, 5.74) is 12.8. The van der Waals surface area contributed by atoms with Crippen molar-refractivity contribution in [1.29, 1.82) is 0 Å². The number of unbranched alkanes of at least 4 members (excludes halogenated alkanes) is 10.